The van der Waals surface area contributed by atoms with Gasteiger partial charge in [0, 0.05) is 30.6 Å². The second-order valence-corrected chi connectivity index (χ2v) is 6.59. The fraction of sp³-hybridized carbons (Fsp3) is 0.316. The van der Waals surface area contributed by atoms with E-state index in [4.69, 9.17) is 4.74 Å². The molecule has 3 heterocycles. The van der Waals surface area contributed by atoms with Crippen LogP contribution in [0.3, 0.4) is 0 Å². The molecule has 1 amide bonds. The van der Waals surface area contributed by atoms with Crippen molar-refractivity contribution in [1.82, 2.24) is 14.5 Å². The van der Waals surface area contributed by atoms with Gasteiger partial charge in [0.15, 0.2) is 0 Å². The number of aryl methyl sites for hydroxylation is 2. The first kappa shape index (κ1) is 16.5. The highest BCUT2D eigenvalue weighted by atomic mass is 19.1. The quantitative estimate of drug-likeness (QED) is 0.779. The minimum absolute atomic E-state index is 0.0130. The Bertz CT molecular complexity index is 1020. The second kappa shape index (κ2) is 6.09. The molecule has 3 aromatic rings. The van der Waals surface area contributed by atoms with Crippen LogP contribution in [-0.4, -0.2) is 27.6 Å². The lowest BCUT2D eigenvalue weighted by molar-refractivity contribution is -0.117. The number of halogens is 1. The normalized spacial score (nSPS) is 13.8. The van der Waals surface area contributed by atoms with Crippen molar-refractivity contribution in [2.75, 3.05) is 12.4 Å². The number of hydrogen-bond acceptors (Lipinski definition) is 4. The minimum Gasteiger partial charge on any atom is -0.481 e. The van der Waals surface area contributed by atoms with E-state index in [1.165, 1.54) is 13.2 Å². The Morgan fingerprint density at radius 3 is 2.77 bits per heavy atom. The number of carbonyl (C=O) groups is 1. The number of hydrogen-bond donors (Lipinski definition) is 1. The van der Waals surface area contributed by atoms with E-state index in [-0.39, 0.29) is 11.8 Å². The number of amides is 1. The first-order valence-electron chi connectivity index (χ1n) is 8.45. The SMILES string of the molecule is COc1ncc(F)cc1-c1c(C)c2cnc(NC(=O)C3CC3)cc2n1C. The summed E-state index contributed by atoms with van der Waals surface area (Å²) in [5.74, 6) is 0.572. The van der Waals surface area contributed by atoms with E-state index in [2.05, 4.69) is 15.3 Å². The standard InChI is InChI=1S/C19H19FN4O2/c1-10-14-9-21-16(23-18(25)11-4-5-11)7-15(14)24(2)17(10)13-6-12(20)8-22-19(13)26-3/h6-9,11H,4-5H2,1-3H3,(H,21,23,25). The van der Waals surface area contributed by atoms with Crippen LogP contribution in [0.4, 0.5) is 10.2 Å². The van der Waals surface area contributed by atoms with Gasteiger partial charge in [0.25, 0.3) is 0 Å². The molecule has 0 saturated heterocycles. The number of carbonyl (C=O) groups excluding carboxylic acids is 1. The molecule has 134 valence electrons. The van der Waals surface area contributed by atoms with Crippen molar-refractivity contribution in [2.24, 2.45) is 13.0 Å². The molecule has 1 aliphatic carbocycles. The van der Waals surface area contributed by atoms with Gasteiger partial charge in [0.05, 0.1) is 30.1 Å². The predicted molar refractivity (Wildman–Crippen MR) is 96.5 cm³/mol. The van der Waals surface area contributed by atoms with E-state index in [0.29, 0.717) is 17.3 Å². The number of methoxy groups -OCH3 is 1. The molecule has 6 nitrogen and oxygen atoms in total. The molecular weight excluding hydrogens is 335 g/mol. The summed E-state index contributed by atoms with van der Waals surface area (Å²) in [5.41, 5.74) is 3.22. The molecule has 0 bridgehead atoms. The number of fused-ring (bicyclic) bond motifs is 1. The Kier molecular flexibility index (Phi) is 3.86. The highest BCUT2D eigenvalue weighted by Gasteiger charge is 2.30. The van der Waals surface area contributed by atoms with E-state index >= 15 is 0 Å². The monoisotopic (exact) mass is 354 g/mol. The third-order valence-electron chi connectivity index (χ3n) is 4.80. The Labute approximate surface area is 150 Å². The van der Waals surface area contributed by atoms with Gasteiger partial charge in [0.1, 0.15) is 11.6 Å². The summed E-state index contributed by atoms with van der Waals surface area (Å²) in [6.45, 7) is 1.95. The summed E-state index contributed by atoms with van der Waals surface area (Å²) in [7, 11) is 3.40. The number of pyridine rings is 2. The minimum atomic E-state index is -0.430. The van der Waals surface area contributed by atoms with Crippen molar-refractivity contribution in [2.45, 2.75) is 19.8 Å². The van der Waals surface area contributed by atoms with Crippen LogP contribution in [0.25, 0.3) is 22.2 Å². The zero-order chi connectivity index (χ0) is 18.4. The molecule has 1 N–H and O–H groups in total. The van der Waals surface area contributed by atoms with E-state index in [9.17, 15) is 9.18 Å². The zero-order valence-corrected chi connectivity index (χ0v) is 14.8. The maximum absolute atomic E-state index is 13.8. The molecule has 1 saturated carbocycles. The van der Waals surface area contributed by atoms with Crippen LogP contribution in [0.5, 0.6) is 5.88 Å². The lowest BCUT2D eigenvalue weighted by Gasteiger charge is -2.10. The number of anilines is 1. The predicted octanol–water partition coefficient (Wildman–Crippen LogP) is 3.44. The molecule has 0 unspecified atom stereocenters. The molecular formula is C19H19FN4O2. The summed E-state index contributed by atoms with van der Waals surface area (Å²) >= 11 is 0. The Hall–Kier alpha value is -2.96. The van der Waals surface area contributed by atoms with Crippen molar-refractivity contribution in [3.05, 3.63) is 35.9 Å². The van der Waals surface area contributed by atoms with Crippen molar-refractivity contribution < 1.29 is 13.9 Å². The van der Waals surface area contributed by atoms with Crippen molar-refractivity contribution >= 4 is 22.6 Å². The molecule has 1 fully saturated rings. The fourth-order valence-corrected chi connectivity index (χ4v) is 3.29. The Morgan fingerprint density at radius 2 is 2.08 bits per heavy atom. The first-order valence-corrected chi connectivity index (χ1v) is 8.45. The van der Waals surface area contributed by atoms with Gasteiger partial charge in [-0.05, 0) is 31.4 Å². The van der Waals surface area contributed by atoms with Gasteiger partial charge >= 0.3 is 0 Å². The second-order valence-electron chi connectivity index (χ2n) is 6.59. The van der Waals surface area contributed by atoms with Crippen LogP contribution in [0, 0.1) is 18.7 Å². The smallest absolute Gasteiger partial charge is 0.228 e. The van der Waals surface area contributed by atoms with E-state index in [0.717, 1.165) is 41.2 Å². The van der Waals surface area contributed by atoms with Gasteiger partial charge in [-0.2, -0.15) is 0 Å². The largest absolute Gasteiger partial charge is 0.481 e. The van der Waals surface area contributed by atoms with Gasteiger partial charge in [-0.15, -0.1) is 0 Å². The maximum atomic E-state index is 13.8. The summed E-state index contributed by atoms with van der Waals surface area (Å²) < 4.78 is 21.0. The van der Waals surface area contributed by atoms with Crippen molar-refractivity contribution in [1.29, 1.82) is 0 Å². The van der Waals surface area contributed by atoms with E-state index < -0.39 is 5.82 Å². The Balaban J connectivity index is 1.83. The average molecular weight is 354 g/mol. The van der Waals surface area contributed by atoms with Crippen molar-refractivity contribution in [3.8, 4) is 17.1 Å². The van der Waals surface area contributed by atoms with Gasteiger partial charge in [-0.1, -0.05) is 0 Å². The van der Waals surface area contributed by atoms with Gasteiger partial charge < -0.3 is 14.6 Å². The molecule has 4 rings (SSSR count). The topological polar surface area (TPSA) is 69.0 Å². The van der Waals surface area contributed by atoms with E-state index in [1.807, 2.05) is 24.6 Å². The number of nitrogens with zero attached hydrogens (tertiary/aromatic N) is 3. The molecule has 7 heteroatoms. The number of aromatic nitrogens is 3. The molecule has 26 heavy (non-hydrogen) atoms. The van der Waals surface area contributed by atoms with Crippen LogP contribution < -0.4 is 10.1 Å². The first-order chi connectivity index (χ1) is 12.5. The average Bonchev–Trinajstić information content (AvgIpc) is 3.44. The summed E-state index contributed by atoms with van der Waals surface area (Å²) in [6, 6.07) is 3.25. The molecule has 0 radical (unpaired) electrons. The molecule has 0 aliphatic heterocycles. The Morgan fingerprint density at radius 1 is 1.31 bits per heavy atom. The highest BCUT2D eigenvalue weighted by molar-refractivity contribution is 5.97. The fourth-order valence-electron chi connectivity index (χ4n) is 3.29. The van der Waals surface area contributed by atoms with Gasteiger partial charge in [-0.25, -0.2) is 14.4 Å². The lowest BCUT2D eigenvalue weighted by atomic mass is 10.1. The third kappa shape index (κ3) is 2.69. The summed E-state index contributed by atoms with van der Waals surface area (Å²) in [5, 5.41) is 3.79. The van der Waals surface area contributed by atoms with Gasteiger partial charge in [-0.3, -0.25) is 4.79 Å². The van der Waals surface area contributed by atoms with Crippen molar-refractivity contribution in [3.63, 3.8) is 0 Å². The number of nitrogens with one attached hydrogen (secondary N) is 1. The van der Waals surface area contributed by atoms with Crippen LogP contribution in [0.15, 0.2) is 24.5 Å². The summed E-state index contributed by atoms with van der Waals surface area (Å²) in [6.07, 6.45) is 4.74. The lowest BCUT2D eigenvalue weighted by Crippen LogP contribution is -2.14. The molecule has 3 aromatic heterocycles. The van der Waals surface area contributed by atoms with E-state index in [1.54, 1.807) is 6.20 Å². The number of rotatable bonds is 4. The van der Waals surface area contributed by atoms with Crippen LogP contribution in [0.2, 0.25) is 0 Å². The van der Waals surface area contributed by atoms with Gasteiger partial charge in [0.2, 0.25) is 11.8 Å². The summed E-state index contributed by atoms with van der Waals surface area (Å²) in [4.78, 5) is 20.4. The molecule has 0 atom stereocenters. The molecule has 1 aliphatic rings. The highest BCUT2D eigenvalue weighted by Crippen LogP contribution is 2.37. The maximum Gasteiger partial charge on any atom is 0.228 e. The number of ether oxygens (including phenoxy) is 1. The zero-order valence-electron chi connectivity index (χ0n) is 14.8. The van der Waals surface area contributed by atoms with Crippen LogP contribution >= 0.6 is 0 Å². The molecule has 0 spiro atoms. The third-order valence-corrected chi connectivity index (χ3v) is 4.80. The van der Waals surface area contributed by atoms with Crippen LogP contribution in [0.1, 0.15) is 18.4 Å². The molecule has 0 aromatic carbocycles. The van der Waals surface area contributed by atoms with Crippen LogP contribution in [-0.2, 0) is 11.8 Å².